The minimum Gasteiger partial charge on any atom is -0.480 e. The van der Waals surface area contributed by atoms with Crippen LogP contribution in [0.25, 0.3) is 0 Å². The highest BCUT2D eigenvalue weighted by atomic mass is 16.4. The number of rotatable bonds is 1. The first kappa shape index (κ1) is 6.16. The van der Waals surface area contributed by atoms with E-state index in [0.717, 1.165) is 25.8 Å². The standard InChI is InChI=1S/C7H11NO2/c9-6(10)5-7(1-2-7)3-4-8-5/h5,8H,1-4H2,(H,9,10). The third-order valence-corrected chi connectivity index (χ3v) is 2.72. The Morgan fingerprint density at radius 1 is 1.50 bits per heavy atom. The van der Waals surface area contributed by atoms with Crippen molar-refractivity contribution in [2.45, 2.75) is 25.3 Å². The normalized spacial score (nSPS) is 34.6. The molecule has 0 radical (unpaired) electrons. The lowest BCUT2D eigenvalue weighted by atomic mass is 9.98. The lowest BCUT2D eigenvalue weighted by Crippen LogP contribution is -2.36. The molecule has 1 heterocycles. The van der Waals surface area contributed by atoms with Gasteiger partial charge in [-0.15, -0.1) is 0 Å². The third-order valence-electron chi connectivity index (χ3n) is 2.72. The summed E-state index contributed by atoms with van der Waals surface area (Å²) in [5.41, 5.74) is 0.172. The highest BCUT2D eigenvalue weighted by molar-refractivity contribution is 5.75. The number of hydrogen-bond donors (Lipinski definition) is 2. The second-order valence-corrected chi connectivity index (χ2v) is 3.34. The van der Waals surface area contributed by atoms with Crippen LogP contribution >= 0.6 is 0 Å². The van der Waals surface area contributed by atoms with E-state index in [4.69, 9.17) is 5.11 Å². The average Bonchev–Trinajstić information content (AvgIpc) is 2.42. The third kappa shape index (κ3) is 0.669. The Bertz CT molecular complexity index is 174. The van der Waals surface area contributed by atoms with Crippen molar-refractivity contribution in [3.05, 3.63) is 0 Å². The van der Waals surface area contributed by atoms with E-state index in [-0.39, 0.29) is 11.5 Å². The predicted octanol–water partition coefficient (Wildman–Crippen LogP) is 0.213. The van der Waals surface area contributed by atoms with E-state index in [1.54, 1.807) is 0 Å². The summed E-state index contributed by atoms with van der Waals surface area (Å²) in [4.78, 5) is 10.6. The van der Waals surface area contributed by atoms with Gasteiger partial charge in [0.1, 0.15) is 6.04 Å². The predicted molar refractivity (Wildman–Crippen MR) is 35.7 cm³/mol. The van der Waals surface area contributed by atoms with E-state index < -0.39 is 5.97 Å². The van der Waals surface area contributed by atoms with Crippen LogP contribution < -0.4 is 5.32 Å². The molecule has 1 aliphatic heterocycles. The molecule has 0 bridgehead atoms. The zero-order valence-electron chi connectivity index (χ0n) is 5.76. The molecule has 2 fully saturated rings. The van der Waals surface area contributed by atoms with Gasteiger partial charge in [-0.1, -0.05) is 0 Å². The van der Waals surface area contributed by atoms with Crippen molar-refractivity contribution in [1.82, 2.24) is 5.32 Å². The molecule has 3 heteroatoms. The highest BCUT2D eigenvalue weighted by Crippen LogP contribution is 2.54. The molecule has 2 aliphatic rings. The maximum Gasteiger partial charge on any atom is 0.321 e. The van der Waals surface area contributed by atoms with E-state index in [9.17, 15) is 4.79 Å². The van der Waals surface area contributed by atoms with Gasteiger partial charge in [0.2, 0.25) is 0 Å². The molecule has 2 rings (SSSR count). The summed E-state index contributed by atoms with van der Waals surface area (Å²) in [6.07, 6.45) is 3.28. The monoisotopic (exact) mass is 141 g/mol. The molecular weight excluding hydrogens is 130 g/mol. The smallest absolute Gasteiger partial charge is 0.321 e. The van der Waals surface area contributed by atoms with Crippen LogP contribution in [0.3, 0.4) is 0 Å². The zero-order chi connectivity index (χ0) is 7.19. The van der Waals surface area contributed by atoms with Crippen molar-refractivity contribution in [2.75, 3.05) is 6.54 Å². The molecule has 0 aromatic carbocycles. The molecule has 0 aromatic heterocycles. The zero-order valence-corrected chi connectivity index (χ0v) is 5.76. The molecule has 56 valence electrons. The summed E-state index contributed by atoms with van der Waals surface area (Å²) in [6.45, 7) is 0.886. The summed E-state index contributed by atoms with van der Waals surface area (Å²) >= 11 is 0. The van der Waals surface area contributed by atoms with Crippen LogP contribution in [0.1, 0.15) is 19.3 Å². The van der Waals surface area contributed by atoms with Crippen molar-refractivity contribution >= 4 is 5.97 Å². The number of hydrogen-bond acceptors (Lipinski definition) is 2. The first-order chi connectivity index (χ1) is 4.75. The molecule has 0 amide bonds. The Hall–Kier alpha value is -0.570. The molecular formula is C7H11NO2. The SMILES string of the molecule is O=C(O)C1NCCC12CC2. The maximum atomic E-state index is 10.6. The number of aliphatic carboxylic acids is 1. The molecule has 2 N–H and O–H groups in total. The Kier molecular flexibility index (Phi) is 1.06. The molecule has 3 nitrogen and oxygen atoms in total. The van der Waals surface area contributed by atoms with Crippen molar-refractivity contribution in [1.29, 1.82) is 0 Å². The minimum absolute atomic E-state index is 0.172. The van der Waals surface area contributed by atoms with Gasteiger partial charge in [-0.25, -0.2) is 0 Å². The average molecular weight is 141 g/mol. The van der Waals surface area contributed by atoms with Gasteiger partial charge in [0.15, 0.2) is 0 Å². The fraction of sp³-hybridized carbons (Fsp3) is 0.857. The topological polar surface area (TPSA) is 49.3 Å². The molecule has 0 aromatic rings. The quantitative estimate of drug-likeness (QED) is 0.549. The first-order valence-electron chi connectivity index (χ1n) is 3.71. The van der Waals surface area contributed by atoms with E-state index in [1.165, 1.54) is 0 Å². The summed E-state index contributed by atoms with van der Waals surface area (Å²) in [6, 6.07) is -0.243. The number of carboxylic acids is 1. The largest absolute Gasteiger partial charge is 0.480 e. The molecule has 1 saturated carbocycles. The van der Waals surface area contributed by atoms with Gasteiger partial charge < -0.3 is 10.4 Å². The Balaban J connectivity index is 2.14. The fourth-order valence-corrected chi connectivity index (χ4v) is 1.87. The molecule has 10 heavy (non-hydrogen) atoms. The molecule has 1 aliphatic carbocycles. The van der Waals surface area contributed by atoms with Crippen molar-refractivity contribution in [3.8, 4) is 0 Å². The van der Waals surface area contributed by atoms with Gasteiger partial charge in [0.05, 0.1) is 0 Å². The Morgan fingerprint density at radius 2 is 2.20 bits per heavy atom. The summed E-state index contributed by atoms with van der Waals surface area (Å²) in [5.74, 6) is -0.671. The van der Waals surface area contributed by atoms with Crippen LogP contribution in [-0.4, -0.2) is 23.7 Å². The number of carboxylic acid groups (broad SMARTS) is 1. The molecule has 1 atom stereocenters. The van der Waals surface area contributed by atoms with Crippen LogP contribution in [0, 0.1) is 5.41 Å². The van der Waals surface area contributed by atoms with Gasteiger partial charge in [0.25, 0.3) is 0 Å². The number of carbonyl (C=O) groups is 1. The van der Waals surface area contributed by atoms with E-state index in [0.29, 0.717) is 0 Å². The molecule has 1 saturated heterocycles. The van der Waals surface area contributed by atoms with E-state index >= 15 is 0 Å². The van der Waals surface area contributed by atoms with Gasteiger partial charge in [-0.3, -0.25) is 4.79 Å². The van der Waals surface area contributed by atoms with Crippen LogP contribution in [0.2, 0.25) is 0 Å². The van der Waals surface area contributed by atoms with Crippen molar-refractivity contribution in [2.24, 2.45) is 5.41 Å². The maximum absolute atomic E-state index is 10.6. The number of nitrogens with one attached hydrogen (secondary N) is 1. The van der Waals surface area contributed by atoms with Crippen LogP contribution in [-0.2, 0) is 4.79 Å². The van der Waals surface area contributed by atoms with Gasteiger partial charge in [-0.05, 0) is 31.2 Å². The lowest BCUT2D eigenvalue weighted by Gasteiger charge is -2.11. The van der Waals surface area contributed by atoms with Gasteiger partial charge >= 0.3 is 5.97 Å². The molecule has 1 spiro atoms. The first-order valence-corrected chi connectivity index (χ1v) is 3.71. The second-order valence-electron chi connectivity index (χ2n) is 3.34. The minimum atomic E-state index is -0.671. The van der Waals surface area contributed by atoms with Crippen LogP contribution in [0.15, 0.2) is 0 Å². The Labute approximate surface area is 59.4 Å². The second kappa shape index (κ2) is 1.72. The van der Waals surface area contributed by atoms with Crippen LogP contribution in [0.5, 0.6) is 0 Å². The van der Waals surface area contributed by atoms with E-state index in [2.05, 4.69) is 5.32 Å². The summed E-state index contributed by atoms with van der Waals surface area (Å²) in [7, 11) is 0. The highest BCUT2D eigenvalue weighted by Gasteiger charge is 2.55. The van der Waals surface area contributed by atoms with Crippen molar-refractivity contribution < 1.29 is 9.90 Å². The summed E-state index contributed by atoms with van der Waals surface area (Å²) in [5, 5.41) is 11.7. The summed E-state index contributed by atoms with van der Waals surface area (Å²) < 4.78 is 0. The van der Waals surface area contributed by atoms with Gasteiger partial charge in [-0.2, -0.15) is 0 Å². The fourth-order valence-electron chi connectivity index (χ4n) is 1.87. The lowest BCUT2D eigenvalue weighted by molar-refractivity contribution is -0.140. The Morgan fingerprint density at radius 3 is 2.60 bits per heavy atom. The molecule has 1 unspecified atom stereocenters. The van der Waals surface area contributed by atoms with Crippen molar-refractivity contribution in [3.63, 3.8) is 0 Å². The van der Waals surface area contributed by atoms with Gasteiger partial charge in [0, 0.05) is 0 Å². The van der Waals surface area contributed by atoms with Crippen LogP contribution in [0.4, 0.5) is 0 Å². The van der Waals surface area contributed by atoms with E-state index in [1.807, 2.05) is 0 Å².